The number of nitrogens with zero attached hydrogens (tertiary/aromatic N) is 2. The number of hydrogen-bond acceptors (Lipinski definition) is 5. The number of rotatable bonds is 1. The van der Waals surface area contributed by atoms with Crippen LogP contribution in [-0.2, 0) is 9.31 Å². The van der Waals surface area contributed by atoms with Gasteiger partial charge in [0.1, 0.15) is 6.07 Å². The summed E-state index contributed by atoms with van der Waals surface area (Å²) in [7, 11) is -0.521. The molecule has 0 aromatic carbocycles. The van der Waals surface area contributed by atoms with E-state index in [1.54, 1.807) is 0 Å². The summed E-state index contributed by atoms with van der Waals surface area (Å²) in [6, 6.07) is 2.02. The van der Waals surface area contributed by atoms with Gasteiger partial charge in [-0.15, -0.1) is 0 Å². The van der Waals surface area contributed by atoms with Crippen LogP contribution in [0.2, 0.25) is 0 Å². The minimum atomic E-state index is -0.521. The Morgan fingerprint density at radius 2 is 1.82 bits per heavy atom. The highest BCUT2D eigenvalue weighted by Crippen LogP contribution is 2.37. The van der Waals surface area contributed by atoms with Gasteiger partial charge in [-0.3, -0.25) is 0 Å². The van der Waals surface area contributed by atoms with Crippen molar-refractivity contribution in [3.05, 3.63) is 8.79 Å². The molecule has 1 aliphatic rings. The predicted molar refractivity (Wildman–Crippen MR) is 70.2 cm³/mol. The van der Waals surface area contributed by atoms with Gasteiger partial charge in [0.15, 0.2) is 5.01 Å². The Morgan fingerprint density at radius 3 is 2.24 bits per heavy atom. The van der Waals surface area contributed by atoms with Crippen LogP contribution in [0.1, 0.15) is 32.7 Å². The van der Waals surface area contributed by atoms with E-state index in [0.717, 1.165) is 3.79 Å². The molecule has 0 amide bonds. The zero-order chi connectivity index (χ0) is 12.8. The second-order valence-corrected chi connectivity index (χ2v) is 7.19. The monoisotopic (exact) mass is 314 g/mol. The molecule has 1 saturated heterocycles. The van der Waals surface area contributed by atoms with E-state index in [2.05, 4.69) is 20.9 Å². The summed E-state index contributed by atoms with van der Waals surface area (Å²) in [6.45, 7) is 7.94. The Hall–Kier alpha value is -0.415. The SMILES string of the molecule is CC1(C)OB(c2nc(C#N)sc2Br)OC1(C)C. The summed E-state index contributed by atoms with van der Waals surface area (Å²) in [5.41, 5.74) is -0.147. The van der Waals surface area contributed by atoms with Gasteiger partial charge in [-0.1, -0.05) is 11.3 Å². The largest absolute Gasteiger partial charge is 0.516 e. The molecule has 0 radical (unpaired) electrons. The minimum absolute atomic E-state index is 0.395. The van der Waals surface area contributed by atoms with Gasteiger partial charge in [0.25, 0.3) is 0 Å². The van der Waals surface area contributed by atoms with Crippen molar-refractivity contribution >= 4 is 40.0 Å². The third-order valence-corrected chi connectivity index (χ3v) is 4.84. The van der Waals surface area contributed by atoms with Gasteiger partial charge >= 0.3 is 7.12 Å². The van der Waals surface area contributed by atoms with E-state index in [1.807, 2.05) is 33.8 Å². The summed E-state index contributed by atoms with van der Waals surface area (Å²) in [5, 5.41) is 9.22. The van der Waals surface area contributed by atoms with Crippen molar-refractivity contribution in [1.29, 1.82) is 5.26 Å². The number of aromatic nitrogens is 1. The molecule has 90 valence electrons. The average Bonchev–Trinajstić information content (AvgIpc) is 2.66. The summed E-state index contributed by atoms with van der Waals surface area (Å²) in [6.07, 6.45) is 0. The Bertz CT molecular complexity index is 479. The maximum atomic E-state index is 8.82. The molecule has 1 aromatic heterocycles. The van der Waals surface area contributed by atoms with Crippen molar-refractivity contribution < 1.29 is 9.31 Å². The van der Waals surface area contributed by atoms with Crippen LogP contribution in [0, 0.1) is 11.3 Å². The van der Waals surface area contributed by atoms with Crippen molar-refractivity contribution in [3.63, 3.8) is 0 Å². The van der Waals surface area contributed by atoms with Crippen LogP contribution in [-0.4, -0.2) is 23.3 Å². The lowest BCUT2D eigenvalue weighted by Gasteiger charge is -2.32. The van der Waals surface area contributed by atoms with Crippen LogP contribution in [0.5, 0.6) is 0 Å². The van der Waals surface area contributed by atoms with Crippen molar-refractivity contribution in [2.24, 2.45) is 0 Å². The van der Waals surface area contributed by atoms with Gasteiger partial charge in [0, 0.05) is 0 Å². The molecule has 0 aliphatic carbocycles. The smallest absolute Gasteiger partial charge is 0.398 e. The Labute approximate surface area is 113 Å². The Kier molecular flexibility index (Phi) is 3.11. The summed E-state index contributed by atoms with van der Waals surface area (Å²) in [4.78, 5) is 4.20. The first-order valence-electron chi connectivity index (χ1n) is 5.19. The maximum Gasteiger partial charge on any atom is 0.516 e. The highest BCUT2D eigenvalue weighted by atomic mass is 79.9. The lowest BCUT2D eigenvalue weighted by Crippen LogP contribution is -2.41. The molecule has 1 aromatic rings. The standard InChI is InChI=1S/C10H12BBrN2O2S/c1-9(2)10(3,4)16-11(15-9)7-8(12)17-6(5-13)14-7/h1-4H3. The van der Waals surface area contributed by atoms with Gasteiger partial charge < -0.3 is 9.31 Å². The lowest BCUT2D eigenvalue weighted by molar-refractivity contribution is 0.00578. The molecular weight excluding hydrogens is 303 g/mol. The number of hydrogen-bond donors (Lipinski definition) is 0. The summed E-state index contributed by atoms with van der Waals surface area (Å²) < 4.78 is 12.5. The first-order chi connectivity index (χ1) is 7.77. The minimum Gasteiger partial charge on any atom is -0.398 e. The topological polar surface area (TPSA) is 55.1 Å². The molecule has 1 fully saturated rings. The molecule has 0 atom stereocenters. The summed E-state index contributed by atoms with van der Waals surface area (Å²) >= 11 is 4.67. The fourth-order valence-corrected chi connectivity index (χ4v) is 2.80. The van der Waals surface area contributed by atoms with Crippen LogP contribution in [0.25, 0.3) is 0 Å². The highest BCUT2D eigenvalue weighted by molar-refractivity contribution is 9.11. The molecule has 4 nitrogen and oxygen atoms in total. The molecule has 0 bridgehead atoms. The van der Waals surface area contributed by atoms with Crippen LogP contribution in [0.4, 0.5) is 0 Å². The van der Waals surface area contributed by atoms with Crippen molar-refractivity contribution in [1.82, 2.24) is 4.98 Å². The highest BCUT2D eigenvalue weighted by Gasteiger charge is 2.53. The van der Waals surface area contributed by atoms with Gasteiger partial charge in [-0.2, -0.15) is 5.26 Å². The molecule has 2 rings (SSSR count). The van der Waals surface area contributed by atoms with Crippen molar-refractivity contribution in [2.75, 3.05) is 0 Å². The second-order valence-electron chi connectivity index (χ2n) is 4.88. The number of thiazole rings is 1. The third kappa shape index (κ3) is 2.15. The van der Waals surface area contributed by atoms with E-state index < -0.39 is 18.3 Å². The molecule has 1 aliphatic heterocycles. The normalized spacial score (nSPS) is 21.5. The molecule has 2 heterocycles. The van der Waals surface area contributed by atoms with Crippen molar-refractivity contribution in [3.8, 4) is 6.07 Å². The van der Waals surface area contributed by atoms with Crippen LogP contribution in [0.3, 0.4) is 0 Å². The van der Waals surface area contributed by atoms with Crippen LogP contribution < -0.4 is 5.59 Å². The van der Waals surface area contributed by atoms with E-state index in [4.69, 9.17) is 14.6 Å². The molecule has 17 heavy (non-hydrogen) atoms. The number of halogens is 1. The molecule has 0 unspecified atom stereocenters. The zero-order valence-electron chi connectivity index (χ0n) is 10.1. The van der Waals surface area contributed by atoms with E-state index in [-0.39, 0.29) is 0 Å². The fraction of sp³-hybridized carbons (Fsp3) is 0.600. The first kappa shape index (κ1) is 13.0. The van der Waals surface area contributed by atoms with E-state index in [1.165, 1.54) is 11.3 Å². The lowest BCUT2D eigenvalue weighted by atomic mass is 9.86. The zero-order valence-corrected chi connectivity index (χ0v) is 12.5. The molecule has 0 N–H and O–H groups in total. The van der Waals surface area contributed by atoms with Gasteiger partial charge in [-0.05, 0) is 43.6 Å². The number of nitriles is 1. The van der Waals surface area contributed by atoms with Gasteiger partial charge in [0.05, 0.1) is 20.6 Å². The van der Waals surface area contributed by atoms with Crippen molar-refractivity contribution in [2.45, 2.75) is 38.9 Å². The average molecular weight is 315 g/mol. The maximum absolute atomic E-state index is 8.82. The van der Waals surface area contributed by atoms with E-state index in [0.29, 0.717) is 10.6 Å². The molecule has 0 spiro atoms. The van der Waals surface area contributed by atoms with E-state index in [9.17, 15) is 0 Å². The Balaban J connectivity index is 2.32. The Morgan fingerprint density at radius 1 is 1.29 bits per heavy atom. The quantitative estimate of drug-likeness (QED) is 0.745. The first-order valence-corrected chi connectivity index (χ1v) is 6.80. The third-order valence-electron chi connectivity index (χ3n) is 3.18. The molecular formula is C10H12BBrN2O2S. The fourth-order valence-electron chi connectivity index (χ4n) is 1.46. The van der Waals surface area contributed by atoms with Gasteiger partial charge in [0.2, 0.25) is 0 Å². The summed E-state index contributed by atoms with van der Waals surface area (Å²) in [5.74, 6) is 0. The van der Waals surface area contributed by atoms with Gasteiger partial charge in [-0.25, -0.2) is 4.98 Å². The molecule has 7 heteroatoms. The predicted octanol–water partition coefficient (Wildman–Crippen LogP) is 2.08. The van der Waals surface area contributed by atoms with Crippen LogP contribution >= 0.6 is 27.3 Å². The van der Waals surface area contributed by atoms with E-state index >= 15 is 0 Å². The molecule has 0 saturated carbocycles. The van der Waals surface area contributed by atoms with Crippen LogP contribution in [0.15, 0.2) is 3.79 Å². The second kappa shape index (κ2) is 4.06.